The molecule has 2 fully saturated rings. The molecule has 0 spiro atoms. The Bertz CT molecular complexity index is 315. The summed E-state index contributed by atoms with van der Waals surface area (Å²) >= 11 is 0. The molecule has 0 aromatic carbocycles. The molecule has 0 aromatic rings. The third-order valence-electron chi connectivity index (χ3n) is 5.14. The largest absolute Gasteiger partial charge is 0.375 e. The highest BCUT2D eigenvalue weighted by molar-refractivity contribution is 5.78. The molecule has 21 heavy (non-hydrogen) atoms. The van der Waals surface area contributed by atoms with E-state index in [0.29, 0.717) is 18.1 Å². The van der Waals surface area contributed by atoms with Crippen LogP contribution in [0.5, 0.6) is 0 Å². The average molecular weight is 296 g/mol. The van der Waals surface area contributed by atoms with Gasteiger partial charge in [-0.3, -0.25) is 4.79 Å². The molecule has 0 bridgehead atoms. The molecule has 2 heterocycles. The smallest absolute Gasteiger partial charge is 0.225 e. The van der Waals surface area contributed by atoms with Crippen LogP contribution in [0.1, 0.15) is 52.4 Å². The van der Waals surface area contributed by atoms with Crippen molar-refractivity contribution in [3.63, 3.8) is 0 Å². The van der Waals surface area contributed by atoms with Gasteiger partial charge in [-0.25, -0.2) is 0 Å². The van der Waals surface area contributed by atoms with Gasteiger partial charge in [0.15, 0.2) is 0 Å². The van der Waals surface area contributed by atoms with E-state index in [1.807, 2.05) is 0 Å². The third kappa shape index (κ3) is 4.68. The third-order valence-corrected chi connectivity index (χ3v) is 5.14. The molecule has 0 N–H and O–H groups in total. The maximum Gasteiger partial charge on any atom is 0.225 e. The molecule has 0 atom stereocenters. The predicted octanol–water partition coefficient (Wildman–Crippen LogP) is 2.52. The number of hydrogen-bond acceptors (Lipinski definition) is 3. The van der Waals surface area contributed by atoms with Gasteiger partial charge in [0.25, 0.3) is 0 Å². The van der Waals surface area contributed by atoms with E-state index in [0.717, 1.165) is 64.7 Å². The molecular formula is C17H32N2O2. The lowest BCUT2D eigenvalue weighted by Gasteiger charge is -2.37. The van der Waals surface area contributed by atoms with Crippen LogP contribution >= 0.6 is 0 Å². The van der Waals surface area contributed by atoms with Gasteiger partial charge in [0.05, 0.1) is 12.2 Å². The van der Waals surface area contributed by atoms with Gasteiger partial charge in [-0.15, -0.1) is 0 Å². The molecule has 0 aliphatic carbocycles. The Morgan fingerprint density at radius 2 is 1.48 bits per heavy atom. The van der Waals surface area contributed by atoms with E-state index >= 15 is 0 Å². The maximum atomic E-state index is 12.4. The normalized spacial score (nSPS) is 23.0. The lowest BCUT2D eigenvalue weighted by Crippen LogP contribution is -2.45. The maximum absolute atomic E-state index is 12.4. The quantitative estimate of drug-likeness (QED) is 0.781. The van der Waals surface area contributed by atoms with Gasteiger partial charge in [-0.1, -0.05) is 13.8 Å². The van der Waals surface area contributed by atoms with Gasteiger partial charge >= 0.3 is 0 Å². The molecule has 0 saturated carbocycles. The number of ether oxygens (including phenoxy) is 1. The first kappa shape index (κ1) is 16.8. The second-order valence-electron chi connectivity index (χ2n) is 6.68. The second-order valence-corrected chi connectivity index (χ2v) is 6.68. The summed E-state index contributed by atoms with van der Waals surface area (Å²) in [6.07, 6.45) is 7.06. The molecule has 122 valence electrons. The van der Waals surface area contributed by atoms with Gasteiger partial charge in [-0.2, -0.15) is 0 Å². The number of piperidine rings is 2. The lowest BCUT2D eigenvalue weighted by atomic mass is 9.99. The van der Waals surface area contributed by atoms with E-state index in [-0.39, 0.29) is 5.92 Å². The van der Waals surface area contributed by atoms with E-state index in [9.17, 15) is 4.79 Å². The highest BCUT2D eigenvalue weighted by Gasteiger charge is 2.28. The van der Waals surface area contributed by atoms with Crippen molar-refractivity contribution in [2.45, 2.75) is 64.6 Å². The summed E-state index contributed by atoms with van der Waals surface area (Å²) in [5, 5.41) is 0. The van der Waals surface area contributed by atoms with Crippen molar-refractivity contribution in [2.24, 2.45) is 5.92 Å². The first-order chi connectivity index (χ1) is 10.1. The number of carbonyl (C=O) groups is 1. The highest BCUT2D eigenvalue weighted by Crippen LogP contribution is 2.22. The molecule has 1 amide bonds. The first-order valence-corrected chi connectivity index (χ1v) is 8.76. The molecular weight excluding hydrogens is 264 g/mol. The van der Waals surface area contributed by atoms with Crippen LogP contribution in [-0.4, -0.2) is 61.1 Å². The van der Waals surface area contributed by atoms with E-state index in [2.05, 4.69) is 30.7 Å². The summed E-state index contributed by atoms with van der Waals surface area (Å²) in [6.45, 7) is 8.29. The summed E-state index contributed by atoms with van der Waals surface area (Å²) < 4.78 is 6.26. The van der Waals surface area contributed by atoms with Crippen molar-refractivity contribution < 1.29 is 9.53 Å². The lowest BCUT2D eigenvalue weighted by molar-refractivity contribution is -0.139. The second kappa shape index (κ2) is 8.14. The summed E-state index contributed by atoms with van der Waals surface area (Å²) in [7, 11) is 2.18. The van der Waals surface area contributed by atoms with Gasteiger partial charge in [0, 0.05) is 32.1 Å². The van der Waals surface area contributed by atoms with Crippen LogP contribution in [0.25, 0.3) is 0 Å². The minimum Gasteiger partial charge on any atom is -0.375 e. The van der Waals surface area contributed by atoms with E-state index in [1.165, 1.54) is 0 Å². The van der Waals surface area contributed by atoms with Crippen LogP contribution < -0.4 is 0 Å². The van der Waals surface area contributed by atoms with E-state index in [1.54, 1.807) is 0 Å². The minimum absolute atomic E-state index is 0.219. The van der Waals surface area contributed by atoms with Crippen molar-refractivity contribution >= 4 is 5.91 Å². The molecule has 0 aromatic heterocycles. The Kier molecular flexibility index (Phi) is 6.49. The van der Waals surface area contributed by atoms with Crippen molar-refractivity contribution in [3.05, 3.63) is 0 Å². The molecule has 2 aliphatic rings. The summed E-state index contributed by atoms with van der Waals surface area (Å²) in [5.74, 6) is 0.578. The zero-order valence-corrected chi connectivity index (χ0v) is 14.0. The van der Waals surface area contributed by atoms with Crippen molar-refractivity contribution in [1.82, 2.24) is 9.80 Å². The highest BCUT2D eigenvalue weighted by atomic mass is 16.5. The van der Waals surface area contributed by atoms with Gasteiger partial charge in [0.1, 0.15) is 0 Å². The summed E-state index contributed by atoms with van der Waals surface area (Å²) in [5.41, 5.74) is 0. The Morgan fingerprint density at radius 3 is 1.95 bits per heavy atom. The van der Waals surface area contributed by atoms with Crippen molar-refractivity contribution in [1.29, 1.82) is 0 Å². The van der Waals surface area contributed by atoms with Crippen molar-refractivity contribution in [3.8, 4) is 0 Å². The number of nitrogens with zero attached hydrogens (tertiary/aromatic N) is 2. The Balaban J connectivity index is 1.72. The zero-order chi connectivity index (χ0) is 15.2. The number of amides is 1. The fourth-order valence-corrected chi connectivity index (χ4v) is 3.50. The topological polar surface area (TPSA) is 32.8 Å². The van der Waals surface area contributed by atoms with Crippen LogP contribution in [0.4, 0.5) is 0 Å². The monoisotopic (exact) mass is 296 g/mol. The van der Waals surface area contributed by atoms with Crippen LogP contribution in [0.2, 0.25) is 0 Å². The van der Waals surface area contributed by atoms with Crippen LogP contribution in [-0.2, 0) is 9.53 Å². The average Bonchev–Trinajstić information content (AvgIpc) is 2.51. The van der Waals surface area contributed by atoms with Crippen LogP contribution in [0, 0.1) is 5.92 Å². The number of rotatable bonds is 5. The molecule has 2 aliphatic heterocycles. The van der Waals surface area contributed by atoms with E-state index < -0.39 is 0 Å². The molecule has 0 unspecified atom stereocenters. The van der Waals surface area contributed by atoms with Crippen LogP contribution in [0.15, 0.2) is 0 Å². The van der Waals surface area contributed by atoms with Gasteiger partial charge in [-0.05, 0) is 45.6 Å². The number of carbonyl (C=O) groups excluding carboxylic acids is 1. The molecule has 0 radical (unpaired) electrons. The zero-order valence-electron chi connectivity index (χ0n) is 14.0. The predicted molar refractivity (Wildman–Crippen MR) is 85.3 cm³/mol. The summed E-state index contributed by atoms with van der Waals surface area (Å²) in [6, 6.07) is 0. The first-order valence-electron chi connectivity index (χ1n) is 8.76. The number of hydrogen-bond donors (Lipinski definition) is 0. The molecule has 2 rings (SSSR count). The molecule has 2 saturated heterocycles. The van der Waals surface area contributed by atoms with Gasteiger partial charge < -0.3 is 14.5 Å². The SMILES string of the molecule is CCC(CC)C(=O)N1CCC(OC2CCN(C)CC2)CC1. The minimum atomic E-state index is 0.219. The van der Waals surface area contributed by atoms with Crippen LogP contribution in [0.3, 0.4) is 0 Å². The summed E-state index contributed by atoms with van der Waals surface area (Å²) in [4.78, 5) is 16.8. The fourth-order valence-electron chi connectivity index (χ4n) is 3.50. The number of likely N-dealkylation sites (tertiary alicyclic amines) is 2. The van der Waals surface area contributed by atoms with Crippen molar-refractivity contribution in [2.75, 3.05) is 33.2 Å². The Morgan fingerprint density at radius 1 is 1.00 bits per heavy atom. The fraction of sp³-hybridized carbons (Fsp3) is 0.941. The van der Waals surface area contributed by atoms with Gasteiger partial charge in [0.2, 0.25) is 5.91 Å². The Hall–Kier alpha value is -0.610. The molecule has 4 nitrogen and oxygen atoms in total. The molecule has 4 heteroatoms. The standard InChI is InChI=1S/C17H32N2O2/c1-4-14(5-2)17(20)19-12-8-16(9-13-19)21-15-6-10-18(3)11-7-15/h14-16H,4-13H2,1-3H3. The van der Waals surface area contributed by atoms with E-state index in [4.69, 9.17) is 4.74 Å². The Labute approximate surface area is 129 Å².